The molecule has 19 nitrogen and oxygen atoms in total. The Kier molecular flexibility index (Phi) is 12.8. The van der Waals surface area contributed by atoms with Crippen LogP contribution >= 0.6 is 0 Å². The second-order valence-corrected chi connectivity index (χ2v) is 19.7. The molecule has 0 radical (unpaired) electrons. The first-order valence-corrected chi connectivity index (χ1v) is 24.7. The number of benzene rings is 3. The van der Waals surface area contributed by atoms with Gasteiger partial charge in [-0.1, -0.05) is 30.2 Å². The summed E-state index contributed by atoms with van der Waals surface area (Å²) in [5, 5.41) is 23.4. The zero-order valence-electron chi connectivity index (χ0n) is 40.2. The molecule has 2 aromatic heterocycles. The zero-order valence-corrected chi connectivity index (χ0v) is 40.2. The van der Waals surface area contributed by atoms with Gasteiger partial charge in [0.1, 0.15) is 47.9 Å². The quantitative estimate of drug-likeness (QED) is 0.0419. The third-order valence-corrected chi connectivity index (χ3v) is 15.0. The molecular formula is C53H52F2N10O9. The van der Waals surface area contributed by atoms with Gasteiger partial charge in [0.2, 0.25) is 11.8 Å². The Bertz CT molecular complexity index is 3230. The summed E-state index contributed by atoms with van der Waals surface area (Å²) < 4.78 is 50.2. The Morgan fingerprint density at radius 1 is 1.00 bits per heavy atom. The molecule has 5 N–H and O–H groups in total. The van der Waals surface area contributed by atoms with Crippen LogP contribution in [0.4, 0.5) is 25.1 Å². The Morgan fingerprint density at radius 3 is 2.61 bits per heavy atom. The Labute approximate surface area is 423 Å². The van der Waals surface area contributed by atoms with Crippen molar-refractivity contribution in [3.8, 4) is 35.4 Å². The summed E-state index contributed by atoms with van der Waals surface area (Å²) in [6.07, 6.45) is 10.7. The van der Waals surface area contributed by atoms with E-state index in [-0.39, 0.29) is 121 Å². The second kappa shape index (κ2) is 19.6. The van der Waals surface area contributed by atoms with E-state index in [0.29, 0.717) is 61.2 Å². The number of alkyl carbamates (subject to hydrolysis) is 1. The van der Waals surface area contributed by atoms with Crippen molar-refractivity contribution in [1.29, 1.82) is 0 Å². The largest absolute Gasteiger partial charge is 0.508 e. The minimum atomic E-state index is -1.07. The van der Waals surface area contributed by atoms with E-state index in [1.54, 1.807) is 12.1 Å². The van der Waals surface area contributed by atoms with Gasteiger partial charge in [-0.2, -0.15) is 9.97 Å². The number of fused-ring (bicyclic) bond motifs is 6. The third kappa shape index (κ3) is 8.85. The van der Waals surface area contributed by atoms with E-state index < -0.39 is 52.9 Å². The topological polar surface area (TPSA) is 230 Å². The van der Waals surface area contributed by atoms with Crippen molar-refractivity contribution in [2.24, 2.45) is 0 Å². The molecule has 3 aromatic carbocycles. The van der Waals surface area contributed by atoms with Gasteiger partial charge in [-0.3, -0.25) is 39.3 Å². The summed E-state index contributed by atoms with van der Waals surface area (Å²) in [5.41, 5.74) is 0.968. The van der Waals surface area contributed by atoms with Crippen LogP contribution in [0.15, 0.2) is 60.8 Å². The predicted octanol–water partition coefficient (Wildman–Crippen LogP) is 4.55. The van der Waals surface area contributed by atoms with Gasteiger partial charge in [0.15, 0.2) is 5.82 Å². The van der Waals surface area contributed by atoms with Crippen molar-refractivity contribution >= 4 is 62.9 Å². The first-order valence-electron chi connectivity index (χ1n) is 24.7. The van der Waals surface area contributed by atoms with Crippen LogP contribution in [0.1, 0.15) is 71.2 Å². The fourth-order valence-corrected chi connectivity index (χ4v) is 11.7. The van der Waals surface area contributed by atoms with E-state index in [1.807, 2.05) is 0 Å². The van der Waals surface area contributed by atoms with Gasteiger partial charge >= 0.3 is 12.1 Å². The van der Waals surface area contributed by atoms with Crippen LogP contribution in [-0.2, 0) is 19.1 Å². The van der Waals surface area contributed by atoms with E-state index in [2.05, 4.69) is 53.5 Å². The van der Waals surface area contributed by atoms with Gasteiger partial charge in [-0.15, -0.1) is 6.42 Å². The van der Waals surface area contributed by atoms with Crippen molar-refractivity contribution in [3.05, 3.63) is 89.1 Å². The first kappa shape index (κ1) is 48.5. The second-order valence-electron chi connectivity index (χ2n) is 19.7. The average molecular weight is 1010 g/mol. The lowest BCUT2D eigenvalue weighted by Crippen LogP contribution is -2.54. The van der Waals surface area contributed by atoms with Gasteiger partial charge in [0, 0.05) is 80.1 Å². The number of hydrogen-bond donors (Lipinski definition) is 5. The van der Waals surface area contributed by atoms with Gasteiger partial charge in [-0.25, -0.2) is 13.6 Å². The number of phenolic OH excluding ortho intramolecular Hbond substituents is 1. The minimum Gasteiger partial charge on any atom is -0.508 e. The number of piperidine rings is 1. The molecule has 3 unspecified atom stereocenters. The molecule has 21 heteroatoms. The number of rotatable bonds is 15. The number of carbonyl (C=O) groups excluding carboxylic acids is 5. The molecule has 6 aliphatic rings. The molecule has 5 saturated heterocycles. The molecule has 11 rings (SSSR count). The van der Waals surface area contributed by atoms with Crippen LogP contribution in [-0.4, -0.2) is 148 Å². The number of phenols is 1. The monoisotopic (exact) mass is 1010 g/mol. The van der Waals surface area contributed by atoms with Crippen molar-refractivity contribution in [1.82, 2.24) is 40.7 Å². The number of terminal acetylenes is 1. The molecule has 0 aliphatic carbocycles. The highest BCUT2D eigenvalue weighted by Gasteiger charge is 2.52. The molecular weight excluding hydrogens is 959 g/mol. The molecule has 5 amide bonds. The summed E-state index contributed by atoms with van der Waals surface area (Å²) in [6.45, 7) is 7.15. The highest BCUT2D eigenvalue weighted by atomic mass is 19.1. The van der Waals surface area contributed by atoms with E-state index in [1.165, 1.54) is 36.5 Å². The number of hydrogen-bond acceptors (Lipinski definition) is 16. The molecule has 0 saturated carbocycles. The molecule has 74 heavy (non-hydrogen) atoms. The van der Waals surface area contributed by atoms with Crippen LogP contribution < -0.4 is 30.9 Å². The first-order chi connectivity index (χ1) is 35.8. The summed E-state index contributed by atoms with van der Waals surface area (Å²) in [7, 11) is 0. The van der Waals surface area contributed by atoms with Crippen molar-refractivity contribution in [3.63, 3.8) is 0 Å². The highest BCUT2D eigenvalue weighted by Crippen LogP contribution is 2.45. The SMILES string of the molecule is C#Cc1c(F)ccc2cc(O)cc(-c3ncc4c(N5CC6CCC(C5)N6)nc(OC[C@@]56CC[C@@H](COC(=O)NCCOCCNc7cccc8c7C(=O)N(C7CCC(=O)NC7=O)C8=O)N5CC(=C)C6)nc4c3F)c12. The molecule has 5 atom stereocenters. The van der Waals surface area contributed by atoms with E-state index in [9.17, 15) is 29.1 Å². The number of pyridine rings is 1. The fraction of sp³-hybridized carbons (Fsp3) is 0.396. The summed E-state index contributed by atoms with van der Waals surface area (Å²) in [4.78, 5) is 82.9. The number of aromatic hydroxyl groups is 1. The maximum absolute atomic E-state index is 17.2. The number of halogens is 2. The van der Waals surface area contributed by atoms with Crippen LogP contribution in [0.25, 0.3) is 32.9 Å². The van der Waals surface area contributed by atoms with Crippen molar-refractivity contribution in [2.45, 2.75) is 74.7 Å². The van der Waals surface area contributed by atoms with Gasteiger partial charge in [0.25, 0.3) is 11.8 Å². The number of anilines is 2. The molecule has 8 heterocycles. The number of carbonyl (C=O) groups is 5. The van der Waals surface area contributed by atoms with Crippen LogP contribution in [0.5, 0.6) is 11.8 Å². The van der Waals surface area contributed by atoms with Gasteiger partial charge in [-0.05, 0) is 74.2 Å². The number of nitrogens with zero attached hydrogens (tertiary/aromatic N) is 6. The Balaban J connectivity index is 0.715. The Morgan fingerprint density at radius 2 is 1.81 bits per heavy atom. The summed E-state index contributed by atoms with van der Waals surface area (Å²) >= 11 is 0. The fourth-order valence-electron chi connectivity index (χ4n) is 11.7. The number of amides is 5. The lowest BCUT2D eigenvalue weighted by atomic mass is 9.94. The molecule has 2 bridgehead atoms. The molecule has 5 aromatic rings. The zero-order chi connectivity index (χ0) is 51.4. The number of aromatic nitrogens is 3. The molecule has 5 fully saturated rings. The van der Waals surface area contributed by atoms with Crippen molar-refractivity contribution < 1.29 is 52.1 Å². The van der Waals surface area contributed by atoms with Gasteiger partial charge in [0.05, 0.1) is 40.8 Å². The normalized spacial score (nSPS) is 23.3. The van der Waals surface area contributed by atoms with E-state index in [0.717, 1.165) is 23.3 Å². The smallest absolute Gasteiger partial charge is 0.407 e. The summed E-state index contributed by atoms with van der Waals surface area (Å²) in [5.74, 6) is -1.15. The molecule has 6 aliphatic heterocycles. The van der Waals surface area contributed by atoms with Crippen LogP contribution in [0, 0.1) is 24.0 Å². The number of piperazine rings is 1. The van der Waals surface area contributed by atoms with Crippen LogP contribution in [0.2, 0.25) is 0 Å². The standard InChI is InChI=1S/C53H52F2N10O9/c1-3-34-38(54)10-7-29-19-33(66)20-36(42(29)34)45-44(55)46-37(22-58-45)47(63-24-30-8-9-31(25-63)59-30)62-51(61-46)74-27-53-14-13-32(64(53)23-28(2)21-53)26-73-52(71)57-16-18-72-17-15-56-39-6-4-5-35-43(39)50(70)65(49(35)69)40-11-12-41(67)60-48(40)68/h1,4-7,10,19-20,22,30-32,40,56,59,66H,2,8-9,11-18,21,23-27H2,(H,57,71)(H,60,67,68)/t30?,31?,32-,40?,53-/m0/s1. The number of nitrogens with one attached hydrogen (secondary N) is 4. The minimum absolute atomic E-state index is 0.0229. The third-order valence-electron chi connectivity index (χ3n) is 15.0. The average Bonchev–Trinajstić information content (AvgIpc) is 4.09. The highest BCUT2D eigenvalue weighted by molar-refractivity contribution is 6.25. The lowest BCUT2D eigenvalue weighted by Gasteiger charge is -2.35. The lowest BCUT2D eigenvalue weighted by molar-refractivity contribution is -0.136. The van der Waals surface area contributed by atoms with Gasteiger partial charge < -0.3 is 40.2 Å². The van der Waals surface area contributed by atoms with Crippen LogP contribution in [0.3, 0.4) is 0 Å². The Hall–Kier alpha value is -7.80. The maximum Gasteiger partial charge on any atom is 0.407 e. The van der Waals surface area contributed by atoms with E-state index in [4.69, 9.17) is 25.6 Å². The van der Waals surface area contributed by atoms with Crippen molar-refractivity contribution in [2.75, 3.05) is 69.4 Å². The number of imide groups is 2. The number of ether oxygens (including phenoxy) is 3. The predicted molar refractivity (Wildman–Crippen MR) is 265 cm³/mol. The molecule has 0 spiro atoms. The van der Waals surface area contributed by atoms with E-state index >= 15 is 8.78 Å². The maximum atomic E-state index is 17.2. The molecule has 382 valence electrons. The summed E-state index contributed by atoms with van der Waals surface area (Å²) in [6, 6.07) is 9.42.